The molecule has 2 saturated heterocycles. The van der Waals surface area contributed by atoms with Crippen molar-refractivity contribution in [2.75, 3.05) is 33.4 Å². The van der Waals surface area contributed by atoms with Gasteiger partial charge in [0.25, 0.3) is 0 Å². The number of benzene rings is 1. The van der Waals surface area contributed by atoms with E-state index in [1.165, 1.54) is 70.2 Å². The molecule has 4 nitrogen and oxygen atoms in total. The van der Waals surface area contributed by atoms with Gasteiger partial charge in [-0.2, -0.15) is 0 Å². The predicted molar refractivity (Wildman–Crippen MR) is 123 cm³/mol. The lowest BCUT2D eigenvalue weighted by atomic mass is 10.0. The third-order valence-corrected chi connectivity index (χ3v) is 8.50. The lowest BCUT2D eigenvalue weighted by Crippen LogP contribution is -2.49. The summed E-state index contributed by atoms with van der Waals surface area (Å²) in [4.78, 5) is 0. The Hall–Kier alpha value is -0.660. The van der Waals surface area contributed by atoms with Crippen LogP contribution < -0.4 is 10.6 Å². The number of ether oxygens (including phenoxy) is 1. The quantitative estimate of drug-likeness (QED) is 0.682. The van der Waals surface area contributed by atoms with Crippen molar-refractivity contribution < 1.29 is 9.13 Å². The first-order valence-corrected chi connectivity index (χ1v) is 12.7. The molecule has 30 heavy (non-hydrogen) atoms. The molecule has 0 radical (unpaired) electrons. The summed E-state index contributed by atoms with van der Waals surface area (Å²) in [6.07, 6.45) is 9.80. The standard InChI is InChI=1S/C18H33N3OS.C6H5F/c1-19-16-8-17(12-22-11-16)20-15-6-13-9-21(10-14(13)7-15)23-18-4-2-3-5-18;7-6-4-2-1-3-5-6/h13-20H,2-12H2,1H3;1-5H. The molecule has 0 spiro atoms. The highest BCUT2D eigenvalue weighted by Crippen LogP contribution is 2.43. The molecule has 2 saturated carbocycles. The molecule has 168 valence electrons. The molecule has 0 bridgehead atoms. The third-order valence-electron chi connectivity index (χ3n) is 7.14. The van der Waals surface area contributed by atoms with E-state index in [0.717, 1.165) is 36.3 Å². The SMILES string of the molecule is CNC1COCC(NC2CC3CN(SC4CCCC4)CC3C2)C1.Fc1ccccc1. The Balaban J connectivity index is 0.000000265. The normalized spacial score (nSPS) is 34.5. The van der Waals surface area contributed by atoms with E-state index in [0.29, 0.717) is 12.1 Å². The third kappa shape index (κ3) is 6.42. The van der Waals surface area contributed by atoms with Crippen LogP contribution in [0.1, 0.15) is 44.9 Å². The predicted octanol–water partition coefficient (Wildman–Crippen LogP) is 4.08. The molecule has 2 aliphatic heterocycles. The minimum Gasteiger partial charge on any atom is -0.378 e. The monoisotopic (exact) mass is 435 g/mol. The molecular weight excluding hydrogens is 397 g/mol. The largest absolute Gasteiger partial charge is 0.378 e. The van der Waals surface area contributed by atoms with Gasteiger partial charge in [-0.25, -0.2) is 8.70 Å². The van der Waals surface area contributed by atoms with Crippen molar-refractivity contribution in [3.05, 3.63) is 36.1 Å². The zero-order chi connectivity index (χ0) is 20.8. The van der Waals surface area contributed by atoms with Crippen molar-refractivity contribution in [1.29, 1.82) is 0 Å². The lowest BCUT2D eigenvalue weighted by Gasteiger charge is -2.32. The van der Waals surface area contributed by atoms with Crippen LogP contribution in [-0.2, 0) is 4.74 Å². The first-order chi connectivity index (χ1) is 14.7. The van der Waals surface area contributed by atoms with Crippen LogP contribution in [0.4, 0.5) is 4.39 Å². The Morgan fingerprint density at radius 2 is 1.60 bits per heavy atom. The minimum atomic E-state index is -0.178. The fourth-order valence-corrected chi connectivity index (χ4v) is 7.10. The van der Waals surface area contributed by atoms with Crippen LogP contribution in [0, 0.1) is 17.7 Å². The van der Waals surface area contributed by atoms with Crippen molar-refractivity contribution >= 4 is 11.9 Å². The van der Waals surface area contributed by atoms with Crippen LogP contribution in [0.15, 0.2) is 30.3 Å². The molecule has 4 aliphatic rings. The van der Waals surface area contributed by atoms with Gasteiger partial charge in [0, 0.05) is 36.5 Å². The van der Waals surface area contributed by atoms with Gasteiger partial charge in [-0.3, -0.25) is 0 Å². The molecule has 2 heterocycles. The summed E-state index contributed by atoms with van der Waals surface area (Å²) in [5, 5.41) is 8.20. The average molecular weight is 436 g/mol. The molecule has 5 rings (SSSR count). The van der Waals surface area contributed by atoms with Crippen LogP contribution in [0.3, 0.4) is 0 Å². The van der Waals surface area contributed by atoms with Crippen molar-refractivity contribution in [3.63, 3.8) is 0 Å². The average Bonchev–Trinajstić information content (AvgIpc) is 3.47. The zero-order valence-electron chi connectivity index (χ0n) is 18.3. The van der Waals surface area contributed by atoms with Crippen molar-refractivity contribution in [1.82, 2.24) is 14.9 Å². The molecule has 1 aromatic rings. The number of nitrogens with zero attached hydrogens (tertiary/aromatic N) is 1. The second-order valence-corrected chi connectivity index (χ2v) is 10.9. The number of hydrogen-bond acceptors (Lipinski definition) is 5. The Bertz CT molecular complexity index is 616. The maximum atomic E-state index is 11.9. The maximum Gasteiger partial charge on any atom is 0.123 e. The summed E-state index contributed by atoms with van der Waals surface area (Å²) in [5.74, 6) is 1.69. The van der Waals surface area contributed by atoms with Gasteiger partial charge in [0.15, 0.2) is 0 Å². The molecule has 6 heteroatoms. The molecule has 4 unspecified atom stereocenters. The van der Waals surface area contributed by atoms with Gasteiger partial charge in [0.2, 0.25) is 0 Å². The number of likely N-dealkylation sites (N-methyl/N-ethyl adjacent to an activating group) is 1. The van der Waals surface area contributed by atoms with Crippen molar-refractivity contribution in [2.24, 2.45) is 11.8 Å². The molecule has 4 fully saturated rings. The zero-order valence-corrected chi connectivity index (χ0v) is 19.1. The smallest absolute Gasteiger partial charge is 0.123 e. The fraction of sp³-hybridized carbons (Fsp3) is 0.750. The molecule has 2 N–H and O–H groups in total. The summed E-state index contributed by atoms with van der Waals surface area (Å²) in [5.41, 5.74) is 0. The van der Waals surface area contributed by atoms with Gasteiger partial charge >= 0.3 is 0 Å². The number of nitrogens with one attached hydrogen (secondary N) is 2. The highest BCUT2D eigenvalue weighted by Gasteiger charge is 2.42. The summed E-state index contributed by atoms with van der Waals surface area (Å²) < 4.78 is 20.4. The topological polar surface area (TPSA) is 36.5 Å². The Labute approximate surface area is 185 Å². The van der Waals surface area contributed by atoms with Gasteiger partial charge in [0.1, 0.15) is 5.82 Å². The van der Waals surface area contributed by atoms with Crippen LogP contribution >= 0.6 is 11.9 Å². The van der Waals surface area contributed by atoms with E-state index in [1.54, 1.807) is 18.2 Å². The van der Waals surface area contributed by atoms with Gasteiger partial charge in [-0.1, -0.05) is 43.0 Å². The first kappa shape index (κ1) is 22.5. The summed E-state index contributed by atoms with van der Waals surface area (Å²) in [7, 11) is 2.05. The van der Waals surface area contributed by atoms with E-state index in [2.05, 4.69) is 26.9 Å². The van der Waals surface area contributed by atoms with Crippen LogP contribution in [0.25, 0.3) is 0 Å². The highest BCUT2D eigenvalue weighted by molar-refractivity contribution is 7.97. The second-order valence-electron chi connectivity index (χ2n) is 9.47. The van der Waals surface area contributed by atoms with E-state index in [9.17, 15) is 4.39 Å². The Morgan fingerprint density at radius 1 is 0.933 bits per heavy atom. The van der Waals surface area contributed by atoms with E-state index >= 15 is 0 Å². The Morgan fingerprint density at radius 3 is 2.20 bits per heavy atom. The lowest BCUT2D eigenvalue weighted by molar-refractivity contribution is 0.0444. The minimum absolute atomic E-state index is 0.178. The summed E-state index contributed by atoms with van der Waals surface area (Å²) >= 11 is 2.20. The van der Waals surface area contributed by atoms with Gasteiger partial charge in [-0.15, -0.1) is 0 Å². The summed E-state index contributed by atoms with van der Waals surface area (Å²) in [6, 6.07) is 9.75. The molecule has 0 aromatic heterocycles. The van der Waals surface area contributed by atoms with E-state index in [4.69, 9.17) is 4.74 Å². The maximum absolute atomic E-state index is 11.9. The molecule has 1 aromatic carbocycles. The molecular formula is C24H38FN3OS. The highest BCUT2D eigenvalue weighted by atomic mass is 32.2. The van der Waals surface area contributed by atoms with Gasteiger partial charge in [-0.05, 0) is 63.1 Å². The number of rotatable bonds is 5. The van der Waals surface area contributed by atoms with E-state index in [-0.39, 0.29) is 5.82 Å². The Kier molecular flexibility index (Phi) is 8.47. The van der Waals surface area contributed by atoms with Crippen molar-refractivity contribution in [3.8, 4) is 0 Å². The number of halogens is 1. The van der Waals surface area contributed by atoms with Gasteiger partial charge in [0.05, 0.1) is 13.2 Å². The fourth-order valence-electron chi connectivity index (χ4n) is 5.58. The number of hydrogen-bond donors (Lipinski definition) is 2. The van der Waals surface area contributed by atoms with E-state index < -0.39 is 0 Å². The molecule has 0 amide bonds. The molecule has 2 aliphatic carbocycles. The summed E-state index contributed by atoms with van der Waals surface area (Å²) in [6.45, 7) is 4.44. The van der Waals surface area contributed by atoms with Gasteiger partial charge < -0.3 is 15.4 Å². The van der Waals surface area contributed by atoms with Crippen LogP contribution in [0.2, 0.25) is 0 Å². The van der Waals surface area contributed by atoms with Crippen molar-refractivity contribution in [2.45, 2.75) is 68.3 Å². The van der Waals surface area contributed by atoms with Crippen LogP contribution in [0.5, 0.6) is 0 Å². The van der Waals surface area contributed by atoms with E-state index in [1.807, 2.05) is 7.05 Å². The second kappa shape index (κ2) is 11.3. The molecule has 4 atom stereocenters. The number of fused-ring (bicyclic) bond motifs is 1. The first-order valence-electron chi connectivity index (χ1n) is 11.8. The van der Waals surface area contributed by atoms with Crippen LogP contribution in [-0.4, -0.2) is 61.0 Å².